The molecule has 1 aromatic rings. The number of nitrogens with one attached hydrogen (secondary N) is 1. The maximum Gasteiger partial charge on any atom is 0.128 e. The third-order valence-electron chi connectivity index (χ3n) is 2.90. The van der Waals surface area contributed by atoms with Crippen LogP contribution < -0.4 is 11.1 Å². The number of hydrogen-bond acceptors (Lipinski definition) is 3. The van der Waals surface area contributed by atoms with E-state index >= 15 is 0 Å². The highest BCUT2D eigenvalue weighted by Gasteiger charge is 2.13. The molecule has 0 amide bonds. The molecule has 15 heavy (non-hydrogen) atoms. The van der Waals surface area contributed by atoms with Gasteiger partial charge in [0.1, 0.15) is 11.6 Å². The van der Waals surface area contributed by atoms with Gasteiger partial charge in [0, 0.05) is 6.04 Å². The second-order valence-corrected chi connectivity index (χ2v) is 3.96. The maximum atomic E-state index is 5.62. The van der Waals surface area contributed by atoms with Crippen molar-refractivity contribution < 1.29 is 0 Å². The van der Waals surface area contributed by atoms with Crippen LogP contribution in [0.25, 0.3) is 0 Å². The normalized spacial score (nSPS) is 12.8. The van der Waals surface area contributed by atoms with Crippen molar-refractivity contribution in [2.24, 2.45) is 5.92 Å². The number of anilines is 2. The van der Waals surface area contributed by atoms with Crippen LogP contribution in [-0.2, 0) is 0 Å². The number of nitrogens with two attached hydrogens (primary N) is 1. The van der Waals surface area contributed by atoms with Crippen molar-refractivity contribution in [3.8, 4) is 0 Å². The molecule has 0 fully saturated rings. The number of hydrogen-bond donors (Lipinski definition) is 2. The first-order valence-corrected chi connectivity index (χ1v) is 5.66. The highest BCUT2D eigenvalue weighted by atomic mass is 15.0. The monoisotopic (exact) mass is 207 g/mol. The van der Waals surface area contributed by atoms with E-state index in [1.165, 1.54) is 12.8 Å². The quantitative estimate of drug-likeness (QED) is 0.780. The van der Waals surface area contributed by atoms with Crippen molar-refractivity contribution in [1.29, 1.82) is 0 Å². The van der Waals surface area contributed by atoms with E-state index in [2.05, 4.69) is 31.1 Å². The molecule has 84 valence electrons. The van der Waals surface area contributed by atoms with Gasteiger partial charge < -0.3 is 11.1 Å². The Morgan fingerprint density at radius 3 is 2.53 bits per heavy atom. The number of aromatic nitrogens is 1. The van der Waals surface area contributed by atoms with Crippen LogP contribution in [0.15, 0.2) is 18.2 Å². The molecule has 3 nitrogen and oxygen atoms in total. The average Bonchev–Trinajstić information content (AvgIpc) is 2.19. The van der Waals surface area contributed by atoms with Gasteiger partial charge in [0.15, 0.2) is 0 Å². The predicted octanol–water partition coefficient (Wildman–Crippen LogP) is 2.90. The molecule has 0 aliphatic carbocycles. The summed E-state index contributed by atoms with van der Waals surface area (Å²) in [6.07, 6.45) is 2.37. The van der Waals surface area contributed by atoms with Crippen molar-refractivity contribution in [1.82, 2.24) is 4.98 Å². The van der Waals surface area contributed by atoms with E-state index in [9.17, 15) is 0 Å². The van der Waals surface area contributed by atoms with Crippen molar-refractivity contribution in [2.75, 3.05) is 11.1 Å². The number of rotatable bonds is 5. The number of nitrogens with zero attached hydrogens (tertiary/aromatic N) is 1. The second kappa shape index (κ2) is 5.59. The van der Waals surface area contributed by atoms with Crippen molar-refractivity contribution >= 4 is 11.6 Å². The summed E-state index contributed by atoms with van der Waals surface area (Å²) >= 11 is 0. The van der Waals surface area contributed by atoms with Gasteiger partial charge in [0.25, 0.3) is 0 Å². The van der Waals surface area contributed by atoms with Gasteiger partial charge in [-0.05, 0) is 25.0 Å². The third kappa shape index (κ3) is 3.42. The number of nitrogen functional groups attached to an aromatic ring is 1. The van der Waals surface area contributed by atoms with Crippen LogP contribution in [0.3, 0.4) is 0 Å². The Labute approximate surface area is 92.1 Å². The van der Waals surface area contributed by atoms with Gasteiger partial charge in [-0.15, -0.1) is 0 Å². The SMILES string of the molecule is CCC(CC)C(C)Nc1cccc(N)n1. The molecular weight excluding hydrogens is 186 g/mol. The lowest BCUT2D eigenvalue weighted by atomic mass is 9.95. The predicted molar refractivity (Wildman–Crippen MR) is 65.8 cm³/mol. The fraction of sp³-hybridized carbons (Fsp3) is 0.583. The van der Waals surface area contributed by atoms with E-state index in [1.54, 1.807) is 6.07 Å². The van der Waals surface area contributed by atoms with Gasteiger partial charge >= 0.3 is 0 Å². The van der Waals surface area contributed by atoms with E-state index in [4.69, 9.17) is 5.73 Å². The van der Waals surface area contributed by atoms with Crippen LogP contribution >= 0.6 is 0 Å². The zero-order chi connectivity index (χ0) is 11.3. The summed E-state index contributed by atoms with van der Waals surface area (Å²) in [6, 6.07) is 6.11. The summed E-state index contributed by atoms with van der Waals surface area (Å²) in [5.74, 6) is 2.12. The highest BCUT2D eigenvalue weighted by molar-refractivity contribution is 5.42. The van der Waals surface area contributed by atoms with E-state index in [0.717, 1.165) is 5.82 Å². The number of pyridine rings is 1. The summed E-state index contributed by atoms with van der Waals surface area (Å²) in [6.45, 7) is 6.64. The molecule has 1 unspecified atom stereocenters. The van der Waals surface area contributed by atoms with Crippen LogP contribution in [0.4, 0.5) is 11.6 Å². The Morgan fingerprint density at radius 2 is 2.00 bits per heavy atom. The summed E-state index contributed by atoms with van der Waals surface area (Å²) in [5, 5.41) is 3.39. The molecule has 0 aliphatic heterocycles. The lowest BCUT2D eigenvalue weighted by Gasteiger charge is -2.23. The molecule has 1 heterocycles. The third-order valence-corrected chi connectivity index (χ3v) is 2.90. The van der Waals surface area contributed by atoms with E-state index in [1.807, 2.05) is 12.1 Å². The fourth-order valence-electron chi connectivity index (χ4n) is 1.88. The molecule has 3 heteroatoms. The minimum Gasteiger partial charge on any atom is -0.384 e. The molecule has 0 aromatic carbocycles. The molecule has 0 bridgehead atoms. The zero-order valence-corrected chi connectivity index (χ0v) is 9.83. The summed E-state index contributed by atoms with van der Waals surface area (Å²) in [4.78, 5) is 4.23. The van der Waals surface area contributed by atoms with Gasteiger partial charge in [-0.1, -0.05) is 32.8 Å². The van der Waals surface area contributed by atoms with Crippen molar-refractivity contribution in [3.05, 3.63) is 18.2 Å². The highest BCUT2D eigenvalue weighted by Crippen LogP contribution is 2.17. The van der Waals surface area contributed by atoms with Crippen LogP contribution in [0.1, 0.15) is 33.6 Å². The van der Waals surface area contributed by atoms with Crippen LogP contribution in [0.5, 0.6) is 0 Å². The lowest BCUT2D eigenvalue weighted by molar-refractivity contribution is 0.437. The first-order valence-electron chi connectivity index (χ1n) is 5.66. The Hall–Kier alpha value is -1.25. The largest absolute Gasteiger partial charge is 0.384 e. The van der Waals surface area contributed by atoms with Gasteiger partial charge in [-0.2, -0.15) is 0 Å². The van der Waals surface area contributed by atoms with Gasteiger partial charge in [-0.25, -0.2) is 4.98 Å². The van der Waals surface area contributed by atoms with Gasteiger partial charge in [0.2, 0.25) is 0 Å². The molecule has 0 saturated carbocycles. The van der Waals surface area contributed by atoms with E-state index in [-0.39, 0.29) is 0 Å². The molecular formula is C12H21N3. The lowest BCUT2D eigenvalue weighted by Crippen LogP contribution is -2.25. The molecule has 0 radical (unpaired) electrons. The Bertz CT molecular complexity index is 295. The standard InChI is InChI=1S/C12H21N3/c1-4-10(5-2)9(3)14-12-8-6-7-11(13)15-12/h6-10H,4-5H2,1-3H3,(H3,13,14,15). The summed E-state index contributed by atoms with van der Waals surface area (Å²) in [7, 11) is 0. The zero-order valence-electron chi connectivity index (χ0n) is 9.83. The minimum absolute atomic E-state index is 0.439. The molecule has 1 aromatic heterocycles. The molecule has 0 aliphatic rings. The Kier molecular flexibility index (Phi) is 4.40. The van der Waals surface area contributed by atoms with E-state index < -0.39 is 0 Å². The molecule has 1 atom stereocenters. The van der Waals surface area contributed by atoms with Crippen LogP contribution in [0, 0.1) is 5.92 Å². The minimum atomic E-state index is 0.439. The smallest absolute Gasteiger partial charge is 0.128 e. The first-order chi connectivity index (χ1) is 7.17. The fourth-order valence-corrected chi connectivity index (χ4v) is 1.88. The molecule has 3 N–H and O–H groups in total. The Balaban J connectivity index is 2.61. The van der Waals surface area contributed by atoms with Gasteiger partial charge in [-0.3, -0.25) is 0 Å². The molecule has 0 spiro atoms. The molecule has 1 rings (SSSR count). The summed E-state index contributed by atoms with van der Waals surface area (Å²) in [5.41, 5.74) is 5.62. The van der Waals surface area contributed by atoms with Crippen molar-refractivity contribution in [3.63, 3.8) is 0 Å². The van der Waals surface area contributed by atoms with Gasteiger partial charge in [0.05, 0.1) is 0 Å². The second-order valence-electron chi connectivity index (χ2n) is 3.96. The van der Waals surface area contributed by atoms with Crippen LogP contribution in [-0.4, -0.2) is 11.0 Å². The average molecular weight is 207 g/mol. The maximum absolute atomic E-state index is 5.62. The van der Waals surface area contributed by atoms with E-state index in [0.29, 0.717) is 17.8 Å². The summed E-state index contributed by atoms with van der Waals surface area (Å²) < 4.78 is 0. The Morgan fingerprint density at radius 1 is 1.33 bits per heavy atom. The van der Waals surface area contributed by atoms with Crippen molar-refractivity contribution in [2.45, 2.75) is 39.7 Å². The molecule has 0 saturated heterocycles. The first kappa shape index (κ1) is 11.8. The topological polar surface area (TPSA) is 50.9 Å². The van der Waals surface area contributed by atoms with Crippen LogP contribution in [0.2, 0.25) is 0 Å².